The summed E-state index contributed by atoms with van der Waals surface area (Å²) in [5.74, 6) is -0.0339. The van der Waals surface area contributed by atoms with Crippen molar-refractivity contribution in [1.82, 2.24) is 5.32 Å². The number of hydrogen-bond donors (Lipinski definition) is 1. The second-order valence-corrected chi connectivity index (χ2v) is 5.74. The fourth-order valence-corrected chi connectivity index (χ4v) is 2.62. The minimum atomic E-state index is -0.0339. The van der Waals surface area contributed by atoms with Crippen LogP contribution in [0.25, 0.3) is 0 Å². The number of carbonyl (C=O) groups excluding carboxylic acids is 1. The van der Waals surface area contributed by atoms with Crippen molar-refractivity contribution < 1.29 is 26.3 Å². The van der Waals surface area contributed by atoms with Gasteiger partial charge in [0.05, 0.1) is 0 Å². The van der Waals surface area contributed by atoms with Gasteiger partial charge in [0, 0.05) is 18.2 Å². The van der Waals surface area contributed by atoms with Crippen LogP contribution >= 0.6 is 0 Å². The van der Waals surface area contributed by atoms with Crippen molar-refractivity contribution in [2.24, 2.45) is 0 Å². The van der Waals surface area contributed by atoms with Crippen LogP contribution in [-0.4, -0.2) is 12.5 Å². The molecule has 1 aromatic heterocycles. The summed E-state index contributed by atoms with van der Waals surface area (Å²) in [6.45, 7) is 1.39. The molecule has 0 saturated carbocycles. The van der Waals surface area contributed by atoms with Crippen molar-refractivity contribution in [2.45, 2.75) is 13.0 Å². The van der Waals surface area contributed by atoms with Gasteiger partial charge >= 0.3 is 0 Å². The molecule has 1 N–H and O–H groups in total. The number of nitrogens with zero attached hydrogens (tertiary/aromatic N) is 1. The SMILES string of the molecule is O=C(NCCc1ccccc1)c1ccc[n+](Cc2ccccc2)c1.[Br-]. The van der Waals surface area contributed by atoms with Gasteiger partial charge in [-0.15, -0.1) is 0 Å². The first-order valence-electron chi connectivity index (χ1n) is 8.16. The maximum atomic E-state index is 12.3. The lowest BCUT2D eigenvalue weighted by atomic mass is 10.1. The van der Waals surface area contributed by atoms with Crippen molar-refractivity contribution >= 4 is 5.91 Å². The molecule has 25 heavy (non-hydrogen) atoms. The van der Waals surface area contributed by atoms with E-state index in [1.54, 1.807) is 0 Å². The summed E-state index contributed by atoms with van der Waals surface area (Å²) in [6.07, 6.45) is 4.71. The third kappa shape index (κ3) is 5.84. The van der Waals surface area contributed by atoms with E-state index < -0.39 is 0 Å². The highest BCUT2D eigenvalue weighted by Crippen LogP contribution is 2.01. The summed E-state index contributed by atoms with van der Waals surface area (Å²) in [5, 5.41) is 2.99. The van der Waals surface area contributed by atoms with Crippen LogP contribution in [-0.2, 0) is 13.0 Å². The van der Waals surface area contributed by atoms with E-state index in [9.17, 15) is 4.79 Å². The molecular weight excluding hydrogens is 376 g/mol. The van der Waals surface area contributed by atoms with Gasteiger partial charge in [-0.05, 0) is 18.1 Å². The summed E-state index contributed by atoms with van der Waals surface area (Å²) in [7, 11) is 0. The van der Waals surface area contributed by atoms with Gasteiger partial charge in [0.15, 0.2) is 18.9 Å². The number of pyridine rings is 1. The van der Waals surface area contributed by atoms with Crippen LogP contribution in [0.4, 0.5) is 0 Å². The number of nitrogens with one attached hydrogen (secondary N) is 1. The third-order valence-corrected chi connectivity index (χ3v) is 3.87. The Morgan fingerprint density at radius 1 is 0.840 bits per heavy atom. The lowest BCUT2D eigenvalue weighted by molar-refractivity contribution is -0.688. The van der Waals surface area contributed by atoms with Gasteiger partial charge in [-0.3, -0.25) is 4.79 Å². The van der Waals surface area contributed by atoms with Crippen LogP contribution < -0.4 is 26.9 Å². The zero-order valence-corrected chi connectivity index (χ0v) is 15.5. The van der Waals surface area contributed by atoms with Crippen molar-refractivity contribution in [3.63, 3.8) is 0 Å². The molecule has 0 aliphatic carbocycles. The Bertz CT molecular complexity index is 791. The predicted molar refractivity (Wildman–Crippen MR) is 94.7 cm³/mol. The van der Waals surface area contributed by atoms with Gasteiger partial charge < -0.3 is 22.3 Å². The number of halogens is 1. The summed E-state index contributed by atoms with van der Waals surface area (Å²) < 4.78 is 2.03. The lowest BCUT2D eigenvalue weighted by Crippen LogP contribution is -3.00. The minimum absolute atomic E-state index is 0. The molecule has 0 atom stereocenters. The van der Waals surface area contributed by atoms with Crippen molar-refractivity contribution in [3.05, 3.63) is 102 Å². The van der Waals surface area contributed by atoms with Crippen molar-refractivity contribution in [3.8, 4) is 0 Å². The Labute approximate surface area is 159 Å². The first-order valence-corrected chi connectivity index (χ1v) is 8.16. The molecule has 4 heteroatoms. The normalized spacial score (nSPS) is 9.92. The minimum Gasteiger partial charge on any atom is -1.00 e. The van der Waals surface area contributed by atoms with Gasteiger partial charge in [-0.25, -0.2) is 0 Å². The fourth-order valence-electron chi connectivity index (χ4n) is 2.62. The van der Waals surface area contributed by atoms with E-state index in [1.165, 1.54) is 11.1 Å². The Kier molecular flexibility index (Phi) is 7.36. The highest BCUT2D eigenvalue weighted by molar-refractivity contribution is 5.93. The van der Waals surface area contributed by atoms with Gasteiger partial charge in [0.25, 0.3) is 5.91 Å². The summed E-state index contributed by atoms with van der Waals surface area (Å²) in [4.78, 5) is 12.3. The molecule has 3 aromatic rings. The van der Waals surface area contributed by atoms with Gasteiger partial charge in [0.2, 0.25) is 0 Å². The molecule has 0 aliphatic rings. The lowest BCUT2D eigenvalue weighted by Gasteiger charge is -2.05. The smallest absolute Gasteiger partial charge is 0.257 e. The Hall–Kier alpha value is -2.46. The molecule has 2 aromatic carbocycles. The molecule has 0 aliphatic heterocycles. The first-order chi connectivity index (χ1) is 11.8. The highest BCUT2D eigenvalue weighted by Gasteiger charge is 2.10. The van der Waals surface area contributed by atoms with Crippen molar-refractivity contribution in [1.29, 1.82) is 0 Å². The molecule has 128 valence electrons. The molecule has 0 bridgehead atoms. The van der Waals surface area contributed by atoms with Gasteiger partial charge in [-0.1, -0.05) is 60.7 Å². The Balaban J connectivity index is 0.00000225. The number of benzene rings is 2. The standard InChI is InChI=1S/C21H20N2O.BrH/c24-21(22-14-13-18-8-3-1-4-9-18)20-12-7-15-23(17-20)16-19-10-5-2-6-11-19;/h1-12,15,17H,13-14,16H2;1H. The van der Waals surface area contributed by atoms with Crippen LogP contribution in [0.1, 0.15) is 21.5 Å². The second-order valence-electron chi connectivity index (χ2n) is 5.74. The molecule has 1 heterocycles. The first kappa shape index (κ1) is 18.9. The molecule has 0 fully saturated rings. The molecule has 3 nitrogen and oxygen atoms in total. The molecule has 3 rings (SSSR count). The zero-order valence-electron chi connectivity index (χ0n) is 13.9. The van der Waals surface area contributed by atoms with E-state index in [0.717, 1.165) is 13.0 Å². The average Bonchev–Trinajstić information content (AvgIpc) is 2.64. The number of amides is 1. The maximum absolute atomic E-state index is 12.3. The molecule has 0 saturated heterocycles. The van der Waals surface area contributed by atoms with Crippen LogP contribution in [0.2, 0.25) is 0 Å². The largest absolute Gasteiger partial charge is 1.00 e. The average molecular weight is 397 g/mol. The van der Waals surface area contributed by atoms with Gasteiger partial charge in [0.1, 0.15) is 5.56 Å². The highest BCUT2D eigenvalue weighted by atomic mass is 79.9. The fraction of sp³-hybridized carbons (Fsp3) is 0.143. The summed E-state index contributed by atoms with van der Waals surface area (Å²) >= 11 is 0. The number of rotatable bonds is 6. The predicted octanol–water partition coefficient (Wildman–Crippen LogP) is -0.00110. The number of aromatic nitrogens is 1. The van der Waals surface area contributed by atoms with Crippen LogP contribution in [0.5, 0.6) is 0 Å². The zero-order chi connectivity index (χ0) is 16.6. The van der Waals surface area contributed by atoms with Gasteiger partial charge in [-0.2, -0.15) is 4.57 Å². The molecule has 0 radical (unpaired) electrons. The van der Waals surface area contributed by atoms with E-state index in [4.69, 9.17) is 0 Å². The molecular formula is C21H21BrN2O. The maximum Gasteiger partial charge on any atom is 0.257 e. The summed E-state index contributed by atoms with van der Waals surface area (Å²) in [6, 6.07) is 24.1. The van der Waals surface area contributed by atoms with E-state index in [-0.39, 0.29) is 22.9 Å². The number of carbonyl (C=O) groups is 1. The Morgan fingerprint density at radius 2 is 1.48 bits per heavy atom. The van der Waals surface area contributed by atoms with E-state index in [1.807, 2.05) is 65.5 Å². The van der Waals surface area contributed by atoms with Crippen LogP contribution in [0.15, 0.2) is 85.2 Å². The van der Waals surface area contributed by atoms with E-state index in [2.05, 4.69) is 29.6 Å². The quantitative estimate of drug-likeness (QED) is 0.584. The monoisotopic (exact) mass is 396 g/mol. The van der Waals surface area contributed by atoms with E-state index in [0.29, 0.717) is 12.1 Å². The molecule has 0 unspecified atom stereocenters. The topological polar surface area (TPSA) is 33.0 Å². The molecule has 1 amide bonds. The summed E-state index contributed by atoms with van der Waals surface area (Å²) in [5.41, 5.74) is 3.12. The number of hydrogen-bond acceptors (Lipinski definition) is 1. The Morgan fingerprint density at radius 3 is 2.16 bits per heavy atom. The van der Waals surface area contributed by atoms with E-state index >= 15 is 0 Å². The van der Waals surface area contributed by atoms with Crippen LogP contribution in [0.3, 0.4) is 0 Å². The molecule has 0 spiro atoms. The third-order valence-electron chi connectivity index (χ3n) is 3.87. The van der Waals surface area contributed by atoms with Crippen molar-refractivity contribution in [2.75, 3.05) is 6.54 Å². The second kappa shape index (κ2) is 9.74. The van der Waals surface area contributed by atoms with Crippen LogP contribution in [0, 0.1) is 0 Å².